The number of rotatable bonds is 3. The van der Waals surface area contributed by atoms with Gasteiger partial charge in [0, 0.05) is 17.2 Å². The fourth-order valence-corrected chi connectivity index (χ4v) is 2.88. The molecule has 0 aliphatic carbocycles. The Bertz CT molecular complexity index is 1060. The Morgan fingerprint density at radius 3 is 2.33 bits per heavy atom. The van der Waals surface area contributed by atoms with Crippen LogP contribution >= 0.6 is 0 Å². The molecule has 7 heteroatoms. The molecule has 3 N–H and O–H groups in total. The maximum atomic E-state index is 11.4. The van der Waals surface area contributed by atoms with E-state index in [0.29, 0.717) is 16.3 Å². The Labute approximate surface area is 138 Å². The smallest absolute Gasteiger partial charge is 0.294 e. The average molecular weight is 343 g/mol. The Balaban J connectivity index is 2.24. The summed E-state index contributed by atoms with van der Waals surface area (Å²) in [7, 11) is -4.43. The fraction of sp³-hybridized carbons (Fsp3) is 0. The van der Waals surface area contributed by atoms with Gasteiger partial charge in [0.1, 0.15) is 11.5 Å². The molecular weight excluding hydrogens is 330 g/mol. The minimum atomic E-state index is -4.43. The van der Waals surface area contributed by atoms with Crippen LogP contribution in [-0.2, 0) is 10.1 Å². The van der Waals surface area contributed by atoms with E-state index < -0.39 is 10.1 Å². The summed E-state index contributed by atoms with van der Waals surface area (Å²) in [6.07, 6.45) is 1.35. The van der Waals surface area contributed by atoms with Gasteiger partial charge in [-0.25, -0.2) is 0 Å². The third kappa shape index (κ3) is 3.08. The van der Waals surface area contributed by atoms with Gasteiger partial charge in [0.25, 0.3) is 10.1 Å². The van der Waals surface area contributed by atoms with Crippen molar-refractivity contribution in [1.29, 1.82) is 0 Å². The molecular formula is C17H13NO5S. The van der Waals surface area contributed by atoms with Crippen LogP contribution in [0, 0.1) is 0 Å². The molecule has 0 bridgehead atoms. The number of aliphatic imine (C=N–C) groups is 1. The highest BCUT2D eigenvalue weighted by Gasteiger charge is 2.15. The maximum Gasteiger partial charge on any atom is 0.294 e. The highest BCUT2D eigenvalue weighted by atomic mass is 32.2. The molecule has 3 rings (SSSR count). The third-order valence-corrected chi connectivity index (χ3v) is 4.32. The standard InChI is InChI=1S/C17H13NO5S/c19-15-6-2-1-4-12(15)10-18-14-9-13(24(21,22)23)8-11-5-3-7-16(20)17(11)14/h1-10,19-20H,(H,21,22,23). The number of hydrogen-bond donors (Lipinski definition) is 3. The first kappa shape index (κ1) is 16.0. The molecule has 0 unspecified atom stereocenters. The highest BCUT2D eigenvalue weighted by Crippen LogP contribution is 2.36. The van der Waals surface area contributed by atoms with Crippen LogP contribution in [0.3, 0.4) is 0 Å². The quantitative estimate of drug-likeness (QED) is 0.500. The minimum absolute atomic E-state index is 0.0145. The van der Waals surface area contributed by atoms with Crippen LogP contribution in [-0.4, -0.2) is 29.4 Å². The summed E-state index contributed by atoms with van der Waals surface area (Å²) < 4.78 is 32.2. The van der Waals surface area contributed by atoms with Crippen LogP contribution in [0.4, 0.5) is 5.69 Å². The molecule has 0 spiro atoms. The van der Waals surface area contributed by atoms with Gasteiger partial charge in [0.15, 0.2) is 0 Å². The first-order chi connectivity index (χ1) is 11.4. The Hall–Kier alpha value is -2.90. The van der Waals surface area contributed by atoms with Crippen LogP contribution in [0.5, 0.6) is 11.5 Å². The molecule has 3 aromatic carbocycles. The van der Waals surface area contributed by atoms with E-state index in [4.69, 9.17) is 0 Å². The normalized spacial score (nSPS) is 12.0. The molecule has 24 heavy (non-hydrogen) atoms. The van der Waals surface area contributed by atoms with E-state index in [9.17, 15) is 23.2 Å². The van der Waals surface area contributed by atoms with Crippen LogP contribution in [0.25, 0.3) is 10.8 Å². The molecule has 0 saturated carbocycles. The fourth-order valence-electron chi connectivity index (χ4n) is 2.35. The second-order valence-electron chi connectivity index (χ2n) is 5.11. The van der Waals surface area contributed by atoms with E-state index in [2.05, 4.69) is 4.99 Å². The summed E-state index contributed by atoms with van der Waals surface area (Å²) >= 11 is 0. The van der Waals surface area contributed by atoms with Crippen molar-refractivity contribution in [2.24, 2.45) is 4.99 Å². The van der Waals surface area contributed by atoms with Crippen LogP contribution in [0.2, 0.25) is 0 Å². The number of para-hydroxylation sites is 1. The molecule has 0 aromatic heterocycles. The summed E-state index contributed by atoms with van der Waals surface area (Å²) in [6.45, 7) is 0. The third-order valence-electron chi connectivity index (χ3n) is 3.48. The topological polar surface area (TPSA) is 107 Å². The molecule has 3 aromatic rings. The number of phenols is 2. The largest absolute Gasteiger partial charge is 0.507 e. The van der Waals surface area contributed by atoms with Gasteiger partial charge in [-0.3, -0.25) is 9.55 Å². The van der Waals surface area contributed by atoms with Gasteiger partial charge in [-0.15, -0.1) is 0 Å². The van der Waals surface area contributed by atoms with Crippen molar-refractivity contribution < 1.29 is 23.2 Å². The summed E-state index contributed by atoms with van der Waals surface area (Å²) in [5.74, 6) is -0.0560. The Kier molecular flexibility index (Phi) is 3.96. The monoisotopic (exact) mass is 343 g/mol. The van der Waals surface area contributed by atoms with E-state index in [1.165, 1.54) is 24.4 Å². The average Bonchev–Trinajstić information content (AvgIpc) is 2.53. The van der Waals surface area contributed by atoms with E-state index in [1.54, 1.807) is 30.3 Å². The van der Waals surface area contributed by atoms with Crippen molar-refractivity contribution in [3.63, 3.8) is 0 Å². The van der Waals surface area contributed by atoms with Crippen molar-refractivity contribution in [2.45, 2.75) is 4.90 Å². The van der Waals surface area contributed by atoms with E-state index in [1.807, 2.05) is 0 Å². The van der Waals surface area contributed by atoms with Gasteiger partial charge in [-0.1, -0.05) is 24.3 Å². The lowest BCUT2D eigenvalue weighted by molar-refractivity contribution is 0.474. The number of hydrogen-bond acceptors (Lipinski definition) is 5. The molecule has 0 atom stereocenters. The van der Waals surface area contributed by atoms with Crippen molar-refractivity contribution in [3.8, 4) is 11.5 Å². The predicted octanol–water partition coefficient (Wildman–Crippen LogP) is 3.25. The lowest BCUT2D eigenvalue weighted by atomic mass is 10.1. The molecule has 0 heterocycles. The lowest BCUT2D eigenvalue weighted by Gasteiger charge is -2.07. The lowest BCUT2D eigenvalue weighted by Crippen LogP contribution is -1.98. The summed E-state index contributed by atoms with van der Waals surface area (Å²) in [5, 5.41) is 20.6. The molecule has 0 amide bonds. The number of aromatic hydroxyl groups is 2. The van der Waals surface area contributed by atoms with Crippen LogP contribution < -0.4 is 0 Å². The van der Waals surface area contributed by atoms with Gasteiger partial charge in [-0.2, -0.15) is 8.42 Å². The first-order valence-electron chi connectivity index (χ1n) is 6.91. The zero-order chi connectivity index (χ0) is 17.3. The van der Waals surface area contributed by atoms with Gasteiger partial charge in [-0.05, 0) is 35.7 Å². The Morgan fingerprint density at radius 1 is 0.917 bits per heavy atom. The number of fused-ring (bicyclic) bond motifs is 1. The molecule has 0 aliphatic rings. The number of phenolic OH excluding ortho intramolecular Hbond substituents is 2. The van der Waals surface area contributed by atoms with E-state index in [-0.39, 0.29) is 22.1 Å². The number of benzene rings is 3. The molecule has 0 aliphatic heterocycles. The summed E-state index contributed by atoms with van der Waals surface area (Å²) in [4.78, 5) is 3.85. The van der Waals surface area contributed by atoms with Gasteiger partial charge in [0.05, 0.1) is 10.6 Å². The maximum absolute atomic E-state index is 11.4. The minimum Gasteiger partial charge on any atom is -0.507 e. The SMILES string of the molecule is O=S(=O)(O)c1cc(N=Cc2ccccc2O)c2c(O)cccc2c1. The second-order valence-corrected chi connectivity index (χ2v) is 6.53. The Morgan fingerprint density at radius 2 is 1.62 bits per heavy atom. The second kappa shape index (κ2) is 5.95. The van der Waals surface area contributed by atoms with E-state index >= 15 is 0 Å². The number of nitrogens with zero attached hydrogens (tertiary/aromatic N) is 1. The van der Waals surface area contributed by atoms with Crippen LogP contribution in [0.1, 0.15) is 5.56 Å². The van der Waals surface area contributed by atoms with Gasteiger partial charge < -0.3 is 10.2 Å². The molecule has 0 saturated heterocycles. The van der Waals surface area contributed by atoms with Crippen molar-refractivity contribution >= 4 is 32.8 Å². The first-order valence-corrected chi connectivity index (χ1v) is 8.35. The molecule has 6 nitrogen and oxygen atoms in total. The summed E-state index contributed by atoms with van der Waals surface area (Å²) in [6, 6.07) is 13.5. The van der Waals surface area contributed by atoms with Gasteiger partial charge in [0.2, 0.25) is 0 Å². The zero-order valence-electron chi connectivity index (χ0n) is 12.3. The molecule has 0 fully saturated rings. The molecule has 0 radical (unpaired) electrons. The molecule has 122 valence electrons. The van der Waals surface area contributed by atoms with Crippen molar-refractivity contribution in [3.05, 3.63) is 60.2 Å². The van der Waals surface area contributed by atoms with Crippen LogP contribution in [0.15, 0.2) is 64.5 Å². The van der Waals surface area contributed by atoms with Gasteiger partial charge >= 0.3 is 0 Å². The van der Waals surface area contributed by atoms with Crippen molar-refractivity contribution in [2.75, 3.05) is 0 Å². The highest BCUT2D eigenvalue weighted by molar-refractivity contribution is 7.85. The predicted molar refractivity (Wildman–Crippen MR) is 90.8 cm³/mol. The van der Waals surface area contributed by atoms with Crippen molar-refractivity contribution in [1.82, 2.24) is 0 Å². The van der Waals surface area contributed by atoms with E-state index in [0.717, 1.165) is 6.07 Å². The summed E-state index contributed by atoms with van der Waals surface area (Å²) in [5.41, 5.74) is 0.583. The zero-order valence-corrected chi connectivity index (χ0v) is 13.1.